The van der Waals surface area contributed by atoms with Crippen molar-refractivity contribution in [3.05, 3.63) is 76.4 Å². The van der Waals surface area contributed by atoms with Gasteiger partial charge in [-0.05, 0) is 56.2 Å². The van der Waals surface area contributed by atoms with Gasteiger partial charge in [-0.1, -0.05) is 30.3 Å². The highest BCUT2D eigenvalue weighted by Crippen LogP contribution is 2.36. The second-order valence-corrected chi connectivity index (χ2v) is 7.59. The van der Waals surface area contributed by atoms with Crippen LogP contribution in [0.2, 0.25) is 0 Å². The highest BCUT2D eigenvalue weighted by atomic mass is 32.1. The molecule has 0 atom stereocenters. The zero-order valence-electron chi connectivity index (χ0n) is 15.5. The van der Waals surface area contributed by atoms with E-state index in [2.05, 4.69) is 23.8 Å². The zero-order chi connectivity index (χ0) is 18.8. The van der Waals surface area contributed by atoms with Crippen molar-refractivity contribution in [1.29, 1.82) is 0 Å². The minimum atomic E-state index is 0.542. The lowest BCUT2D eigenvalue weighted by atomic mass is 10.2. The Morgan fingerprint density at radius 1 is 0.852 bits per heavy atom. The van der Waals surface area contributed by atoms with Crippen molar-refractivity contribution in [3.63, 3.8) is 0 Å². The molecule has 0 aliphatic heterocycles. The Bertz CT molecular complexity index is 1070. The van der Waals surface area contributed by atoms with Gasteiger partial charge in [0.25, 0.3) is 0 Å². The standard InChI is InChI=1S/C22H20N2O2S/c1-14-15(2)27-22-20(14)21(23-16(3)24-22)26-19-11-9-18(10-12-19)25-13-17-7-5-4-6-8-17/h4-12H,13H2,1-3H3. The molecule has 4 nitrogen and oxygen atoms in total. The van der Waals surface area contributed by atoms with Crippen LogP contribution >= 0.6 is 11.3 Å². The second-order valence-electron chi connectivity index (χ2n) is 6.39. The minimum absolute atomic E-state index is 0.542. The number of benzene rings is 2. The summed E-state index contributed by atoms with van der Waals surface area (Å²) in [5, 5.41) is 0.993. The highest BCUT2D eigenvalue weighted by molar-refractivity contribution is 7.18. The first-order valence-corrected chi connectivity index (χ1v) is 9.61. The predicted octanol–water partition coefficient (Wildman–Crippen LogP) is 5.99. The first-order chi connectivity index (χ1) is 13.1. The molecule has 0 bridgehead atoms. The molecule has 4 aromatic rings. The van der Waals surface area contributed by atoms with E-state index in [0.717, 1.165) is 27.3 Å². The number of aromatic nitrogens is 2. The van der Waals surface area contributed by atoms with Gasteiger partial charge in [-0.2, -0.15) is 4.98 Å². The van der Waals surface area contributed by atoms with Gasteiger partial charge >= 0.3 is 0 Å². The smallest absolute Gasteiger partial charge is 0.231 e. The molecule has 136 valence electrons. The first-order valence-electron chi connectivity index (χ1n) is 8.79. The summed E-state index contributed by atoms with van der Waals surface area (Å²) in [6.07, 6.45) is 0. The van der Waals surface area contributed by atoms with Crippen LogP contribution in [0.15, 0.2) is 54.6 Å². The second kappa shape index (κ2) is 7.37. The lowest BCUT2D eigenvalue weighted by Gasteiger charge is -2.09. The summed E-state index contributed by atoms with van der Waals surface area (Å²) in [6, 6.07) is 17.7. The van der Waals surface area contributed by atoms with Gasteiger partial charge in [0.15, 0.2) is 0 Å². The van der Waals surface area contributed by atoms with E-state index < -0.39 is 0 Å². The average Bonchev–Trinajstić information content (AvgIpc) is 2.96. The molecular formula is C22H20N2O2S. The van der Waals surface area contributed by atoms with Gasteiger partial charge in [-0.3, -0.25) is 0 Å². The van der Waals surface area contributed by atoms with Gasteiger partial charge in [0.1, 0.15) is 28.8 Å². The number of hydrogen-bond acceptors (Lipinski definition) is 5. The van der Waals surface area contributed by atoms with Crippen molar-refractivity contribution < 1.29 is 9.47 Å². The van der Waals surface area contributed by atoms with Gasteiger partial charge < -0.3 is 9.47 Å². The van der Waals surface area contributed by atoms with Crippen LogP contribution < -0.4 is 9.47 Å². The normalized spacial score (nSPS) is 10.9. The van der Waals surface area contributed by atoms with E-state index in [9.17, 15) is 0 Å². The molecular weight excluding hydrogens is 356 g/mol. The van der Waals surface area contributed by atoms with E-state index in [1.54, 1.807) is 11.3 Å². The molecule has 2 aromatic heterocycles. The number of nitrogens with zero attached hydrogens (tertiary/aromatic N) is 2. The summed E-state index contributed by atoms with van der Waals surface area (Å²) in [4.78, 5) is 11.2. The monoisotopic (exact) mass is 376 g/mol. The first kappa shape index (κ1) is 17.5. The number of aryl methyl sites for hydroxylation is 3. The van der Waals surface area contributed by atoms with E-state index in [4.69, 9.17) is 9.47 Å². The highest BCUT2D eigenvalue weighted by Gasteiger charge is 2.15. The van der Waals surface area contributed by atoms with Crippen molar-refractivity contribution in [3.8, 4) is 17.4 Å². The number of ether oxygens (including phenoxy) is 2. The minimum Gasteiger partial charge on any atom is -0.489 e. The maximum Gasteiger partial charge on any atom is 0.231 e. The van der Waals surface area contributed by atoms with Crippen LogP contribution in [0, 0.1) is 20.8 Å². The Labute approximate surface area is 162 Å². The third kappa shape index (κ3) is 3.78. The number of hydrogen-bond donors (Lipinski definition) is 0. The molecule has 0 aliphatic carbocycles. The maximum absolute atomic E-state index is 6.08. The Hall–Kier alpha value is -2.92. The van der Waals surface area contributed by atoms with Crippen molar-refractivity contribution in [2.24, 2.45) is 0 Å². The molecule has 0 amide bonds. The summed E-state index contributed by atoms with van der Waals surface area (Å²) in [5.41, 5.74) is 2.31. The van der Waals surface area contributed by atoms with E-state index in [-0.39, 0.29) is 0 Å². The predicted molar refractivity (Wildman–Crippen MR) is 109 cm³/mol. The molecule has 2 aromatic carbocycles. The lowest BCUT2D eigenvalue weighted by Crippen LogP contribution is -1.96. The molecule has 5 heteroatoms. The molecule has 0 aliphatic rings. The summed E-state index contributed by atoms with van der Waals surface area (Å²) < 4.78 is 11.9. The Balaban J connectivity index is 1.53. The average molecular weight is 376 g/mol. The quantitative estimate of drug-likeness (QED) is 0.429. The van der Waals surface area contributed by atoms with Crippen LogP contribution in [0.3, 0.4) is 0 Å². The molecule has 0 N–H and O–H groups in total. The Kier molecular flexibility index (Phi) is 4.77. The summed E-state index contributed by atoms with van der Waals surface area (Å²) in [7, 11) is 0. The van der Waals surface area contributed by atoms with E-state index in [1.165, 1.54) is 10.4 Å². The van der Waals surface area contributed by atoms with Crippen LogP contribution in [0.4, 0.5) is 0 Å². The molecule has 27 heavy (non-hydrogen) atoms. The number of rotatable bonds is 5. The van der Waals surface area contributed by atoms with Crippen LogP contribution in [0.5, 0.6) is 17.4 Å². The van der Waals surface area contributed by atoms with Crippen LogP contribution in [-0.2, 0) is 6.61 Å². The molecule has 0 spiro atoms. The largest absolute Gasteiger partial charge is 0.489 e. The van der Waals surface area contributed by atoms with Crippen molar-refractivity contribution in [2.75, 3.05) is 0 Å². The summed E-state index contributed by atoms with van der Waals surface area (Å²) in [5.74, 6) is 2.85. The van der Waals surface area contributed by atoms with Crippen molar-refractivity contribution in [2.45, 2.75) is 27.4 Å². The van der Waals surface area contributed by atoms with E-state index in [0.29, 0.717) is 18.3 Å². The third-order valence-electron chi connectivity index (χ3n) is 4.39. The lowest BCUT2D eigenvalue weighted by molar-refractivity contribution is 0.305. The van der Waals surface area contributed by atoms with Crippen LogP contribution in [-0.4, -0.2) is 9.97 Å². The van der Waals surface area contributed by atoms with Gasteiger partial charge in [0.05, 0.1) is 5.39 Å². The van der Waals surface area contributed by atoms with Crippen molar-refractivity contribution >= 4 is 21.6 Å². The van der Waals surface area contributed by atoms with Crippen LogP contribution in [0.1, 0.15) is 21.8 Å². The fourth-order valence-corrected chi connectivity index (χ4v) is 3.91. The van der Waals surface area contributed by atoms with E-state index >= 15 is 0 Å². The summed E-state index contributed by atoms with van der Waals surface area (Å²) in [6.45, 7) is 6.61. The molecule has 4 rings (SSSR count). The summed E-state index contributed by atoms with van der Waals surface area (Å²) >= 11 is 1.67. The van der Waals surface area contributed by atoms with Gasteiger partial charge in [-0.25, -0.2) is 4.98 Å². The molecule has 0 radical (unpaired) electrons. The number of fused-ring (bicyclic) bond motifs is 1. The molecule has 0 unspecified atom stereocenters. The molecule has 0 fully saturated rings. The van der Waals surface area contributed by atoms with Crippen molar-refractivity contribution in [1.82, 2.24) is 9.97 Å². The Morgan fingerprint density at radius 2 is 1.56 bits per heavy atom. The fraction of sp³-hybridized carbons (Fsp3) is 0.182. The molecule has 0 saturated carbocycles. The zero-order valence-corrected chi connectivity index (χ0v) is 16.3. The number of thiophene rings is 1. The van der Waals surface area contributed by atoms with Gasteiger partial charge in [0.2, 0.25) is 5.88 Å². The van der Waals surface area contributed by atoms with Crippen LogP contribution in [0.25, 0.3) is 10.2 Å². The Morgan fingerprint density at radius 3 is 2.30 bits per heavy atom. The third-order valence-corrected chi connectivity index (χ3v) is 5.50. The topological polar surface area (TPSA) is 44.2 Å². The molecule has 0 saturated heterocycles. The van der Waals surface area contributed by atoms with E-state index in [1.807, 2.05) is 61.5 Å². The fourth-order valence-electron chi connectivity index (χ4n) is 2.84. The maximum atomic E-state index is 6.08. The van der Waals surface area contributed by atoms with Gasteiger partial charge in [-0.15, -0.1) is 11.3 Å². The molecule has 2 heterocycles. The SMILES string of the molecule is Cc1nc(Oc2ccc(OCc3ccccc3)cc2)c2c(C)c(C)sc2n1. The van der Waals surface area contributed by atoms with Gasteiger partial charge in [0, 0.05) is 4.88 Å².